The molecule has 0 fully saturated rings. The highest BCUT2D eigenvalue weighted by Crippen LogP contribution is 2.32. The number of ether oxygens (including phenoxy) is 1. The molecule has 0 unspecified atom stereocenters. The van der Waals surface area contributed by atoms with Gasteiger partial charge in [0.05, 0.1) is 12.1 Å². The normalized spacial score (nSPS) is 10.2. The zero-order valence-electron chi connectivity index (χ0n) is 9.18. The van der Waals surface area contributed by atoms with E-state index in [1.54, 1.807) is 7.11 Å². The van der Waals surface area contributed by atoms with E-state index >= 15 is 0 Å². The highest BCUT2D eigenvalue weighted by Gasteiger charge is 2.09. The molecular formula is C11H15Cl2NO. The van der Waals surface area contributed by atoms with Crippen molar-refractivity contribution in [3.05, 3.63) is 22.7 Å². The highest BCUT2D eigenvalue weighted by molar-refractivity contribution is 6.32. The van der Waals surface area contributed by atoms with Crippen LogP contribution in [-0.2, 0) is 0 Å². The third kappa shape index (κ3) is 2.93. The number of methoxy groups -OCH3 is 1. The largest absolute Gasteiger partial charge is 0.495 e. The molecule has 15 heavy (non-hydrogen) atoms. The van der Waals surface area contributed by atoms with Crippen molar-refractivity contribution < 1.29 is 4.74 Å². The third-order valence-corrected chi connectivity index (χ3v) is 2.77. The molecule has 0 radical (unpaired) electrons. The van der Waals surface area contributed by atoms with Gasteiger partial charge in [0.1, 0.15) is 5.75 Å². The Balaban J connectivity index is 3.04. The summed E-state index contributed by atoms with van der Waals surface area (Å²) >= 11 is 11.8. The molecule has 0 N–H and O–H groups in total. The fourth-order valence-electron chi connectivity index (χ4n) is 1.46. The minimum Gasteiger partial charge on any atom is -0.495 e. The van der Waals surface area contributed by atoms with Crippen LogP contribution in [0, 0.1) is 6.92 Å². The number of anilines is 1. The fourth-order valence-corrected chi connectivity index (χ4v) is 1.95. The molecule has 4 heteroatoms. The standard InChI is InChI=1S/C11H15Cl2NO/c1-8-6-11(15-3)9(13)7-10(8)14(2)5-4-12/h6-7H,4-5H2,1-3H3. The summed E-state index contributed by atoms with van der Waals surface area (Å²) in [6.45, 7) is 2.82. The number of rotatable bonds is 4. The Morgan fingerprint density at radius 2 is 2.07 bits per heavy atom. The van der Waals surface area contributed by atoms with Crippen molar-refractivity contribution in [3.8, 4) is 5.75 Å². The van der Waals surface area contributed by atoms with E-state index in [-0.39, 0.29) is 0 Å². The predicted octanol–water partition coefficient (Wildman–Crippen LogP) is 3.33. The summed E-state index contributed by atoms with van der Waals surface area (Å²) in [7, 11) is 3.61. The summed E-state index contributed by atoms with van der Waals surface area (Å²) < 4.78 is 5.14. The van der Waals surface area contributed by atoms with Crippen molar-refractivity contribution in [2.24, 2.45) is 0 Å². The summed E-state index contributed by atoms with van der Waals surface area (Å²) in [4.78, 5) is 2.08. The summed E-state index contributed by atoms with van der Waals surface area (Å²) in [6, 6.07) is 3.84. The molecule has 1 aromatic carbocycles. The number of halogens is 2. The second-order valence-corrected chi connectivity index (χ2v) is 4.17. The van der Waals surface area contributed by atoms with Crippen LogP contribution in [0.15, 0.2) is 12.1 Å². The molecule has 2 nitrogen and oxygen atoms in total. The van der Waals surface area contributed by atoms with Gasteiger partial charge in [0.25, 0.3) is 0 Å². The quantitative estimate of drug-likeness (QED) is 0.758. The van der Waals surface area contributed by atoms with Gasteiger partial charge in [-0.15, -0.1) is 11.6 Å². The van der Waals surface area contributed by atoms with Gasteiger partial charge in [-0.05, 0) is 24.6 Å². The van der Waals surface area contributed by atoms with E-state index in [4.69, 9.17) is 27.9 Å². The molecule has 0 amide bonds. The van der Waals surface area contributed by atoms with Crippen LogP contribution in [0.25, 0.3) is 0 Å². The van der Waals surface area contributed by atoms with Crippen molar-refractivity contribution in [1.82, 2.24) is 0 Å². The van der Waals surface area contributed by atoms with Crippen molar-refractivity contribution in [3.63, 3.8) is 0 Å². The molecule has 0 aliphatic heterocycles. The zero-order valence-corrected chi connectivity index (χ0v) is 10.7. The Kier molecular flexibility index (Phi) is 4.55. The van der Waals surface area contributed by atoms with Crippen molar-refractivity contribution in [2.45, 2.75) is 6.92 Å². The van der Waals surface area contributed by atoms with Crippen LogP contribution in [0.2, 0.25) is 5.02 Å². The molecule has 1 aromatic rings. The van der Waals surface area contributed by atoms with Gasteiger partial charge in [0.15, 0.2) is 0 Å². The first-order valence-electron chi connectivity index (χ1n) is 4.71. The van der Waals surface area contributed by atoms with Gasteiger partial charge in [-0.1, -0.05) is 11.6 Å². The van der Waals surface area contributed by atoms with Crippen LogP contribution in [-0.4, -0.2) is 26.6 Å². The molecule has 0 aliphatic rings. The maximum Gasteiger partial charge on any atom is 0.137 e. The third-order valence-electron chi connectivity index (χ3n) is 2.30. The monoisotopic (exact) mass is 247 g/mol. The van der Waals surface area contributed by atoms with E-state index in [0.29, 0.717) is 16.7 Å². The molecular weight excluding hydrogens is 233 g/mol. The van der Waals surface area contributed by atoms with E-state index in [9.17, 15) is 0 Å². The number of hydrogen-bond donors (Lipinski definition) is 0. The van der Waals surface area contributed by atoms with Gasteiger partial charge in [0.2, 0.25) is 0 Å². The van der Waals surface area contributed by atoms with Crippen LogP contribution in [0.3, 0.4) is 0 Å². The number of benzene rings is 1. The maximum absolute atomic E-state index is 6.06. The van der Waals surface area contributed by atoms with Crippen molar-refractivity contribution >= 4 is 28.9 Å². The van der Waals surface area contributed by atoms with Gasteiger partial charge < -0.3 is 9.64 Å². The fraction of sp³-hybridized carbons (Fsp3) is 0.455. The first-order chi connectivity index (χ1) is 7.10. The van der Waals surface area contributed by atoms with Gasteiger partial charge in [-0.2, -0.15) is 0 Å². The minimum absolute atomic E-state index is 0.597. The number of alkyl halides is 1. The predicted molar refractivity (Wildman–Crippen MR) is 66.7 cm³/mol. The Morgan fingerprint density at radius 1 is 1.40 bits per heavy atom. The van der Waals surface area contributed by atoms with Crippen LogP contribution in [0.5, 0.6) is 5.75 Å². The Bertz CT molecular complexity index is 342. The van der Waals surface area contributed by atoms with E-state index < -0.39 is 0 Å². The number of aryl methyl sites for hydroxylation is 1. The highest BCUT2D eigenvalue weighted by atomic mass is 35.5. The Hall–Kier alpha value is -0.600. The molecule has 0 saturated heterocycles. The molecule has 0 heterocycles. The molecule has 0 spiro atoms. The van der Waals surface area contributed by atoms with E-state index in [0.717, 1.165) is 17.8 Å². The van der Waals surface area contributed by atoms with Crippen LogP contribution in [0.1, 0.15) is 5.56 Å². The van der Waals surface area contributed by atoms with E-state index in [2.05, 4.69) is 4.90 Å². The van der Waals surface area contributed by atoms with Gasteiger partial charge >= 0.3 is 0 Å². The molecule has 0 bridgehead atoms. The molecule has 0 saturated carbocycles. The second-order valence-electron chi connectivity index (χ2n) is 3.38. The lowest BCUT2D eigenvalue weighted by atomic mass is 10.1. The molecule has 84 valence electrons. The maximum atomic E-state index is 6.06. The van der Waals surface area contributed by atoms with Gasteiger partial charge in [-0.3, -0.25) is 0 Å². The lowest BCUT2D eigenvalue weighted by Gasteiger charge is -2.21. The average Bonchev–Trinajstić information content (AvgIpc) is 2.21. The molecule has 0 atom stereocenters. The average molecular weight is 248 g/mol. The topological polar surface area (TPSA) is 12.5 Å². The first kappa shape index (κ1) is 12.5. The molecule has 0 aromatic heterocycles. The van der Waals surface area contributed by atoms with Crippen LogP contribution in [0.4, 0.5) is 5.69 Å². The zero-order chi connectivity index (χ0) is 11.4. The van der Waals surface area contributed by atoms with Crippen molar-refractivity contribution in [1.29, 1.82) is 0 Å². The van der Waals surface area contributed by atoms with Gasteiger partial charge in [-0.25, -0.2) is 0 Å². The summed E-state index contributed by atoms with van der Waals surface area (Å²) in [5.74, 6) is 1.30. The van der Waals surface area contributed by atoms with E-state index in [1.807, 2.05) is 26.1 Å². The van der Waals surface area contributed by atoms with E-state index in [1.165, 1.54) is 0 Å². The number of nitrogens with zero attached hydrogens (tertiary/aromatic N) is 1. The summed E-state index contributed by atoms with van der Waals surface area (Å²) in [6.07, 6.45) is 0. The lowest BCUT2D eigenvalue weighted by molar-refractivity contribution is 0.414. The first-order valence-corrected chi connectivity index (χ1v) is 5.62. The number of hydrogen-bond acceptors (Lipinski definition) is 2. The minimum atomic E-state index is 0.597. The van der Waals surface area contributed by atoms with Gasteiger partial charge in [0, 0.05) is 25.2 Å². The van der Waals surface area contributed by atoms with Crippen LogP contribution >= 0.6 is 23.2 Å². The SMILES string of the molecule is COc1cc(C)c(N(C)CCCl)cc1Cl. The summed E-state index contributed by atoms with van der Waals surface area (Å²) in [5, 5.41) is 0.625. The molecule has 0 aliphatic carbocycles. The molecule has 1 rings (SSSR count). The smallest absolute Gasteiger partial charge is 0.137 e. The Morgan fingerprint density at radius 3 is 2.60 bits per heavy atom. The lowest BCUT2D eigenvalue weighted by Crippen LogP contribution is -2.20. The Labute approximate surface area is 101 Å². The second kappa shape index (κ2) is 5.47. The van der Waals surface area contributed by atoms with Crippen LogP contribution < -0.4 is 9.64 Å². The van der Waals surface area contributed by atoms with Crippen molar-refractivity contribution in [2.75, 3.05) is 31.5 Å². The summed E-state index contributed by atoms with van der Waals surface area (Å²) in [5.41, 5.74) is 2.21.